The molecule has 0 aliphatic rings. The lowest BCUT2D eigenvalue weighted by Crippen LogP contribution is -2.35. The minimum atomic E-state index is -3.85. The van der Waals surface area contributed by atoms with E-state index in [-0.39, 0.29) is 16.7 Å². The topological polar surface area (TPSA) is 226 Å². The number of nitrogens with zero attached hydrogens (tertiary/aromatic N) is 4. The van der Waals surface area contributed by atoms with Gasteiger partial charge in [-0.05, 0) is 47.5 Å². The molecule has 2 heterocycles. The number of aromatic nitrogens is 4. The maximum atomic E-state index is 13.5. The van der Waals surface area contributed by atoms with Gasteiger partial charge in [0, 0.05) is 17.7 Å². The van der Waals surface area contributed by atoms with Crippen molar-refractivity contribution in [1.29, 1.82) is 0 Å². The number of amides is 1. The van der Waals surface area contributed by atoms with Crippen LogP contribution in [-0.4, -0.2) is 73.5 Å². The lowest BCUT2D eigenvalue weighted by atomic mass is 9.98. The van der Waals surface area contributed by atoms with Gasteiger partial charge in [0.1, 0.15) is 30.1 Å². The Kier molecular flexibility index (Phi) is 9.72. The van der Waals surface area contributed by atoms with Crippen LogP contribution >= 0.6 is 7.44 Å². The maximum Gasteiger partial charge on any atom is 0.317 e. The third kappa shape index (κ3) is 7.74. The van der Waals surface area contributed by atoms with Gasteiger partial charge < -0.3 is 25.4 Å². The Hall–Kier alpha value is -5.24. The minimum Gasteiger partial charge on any atom is -0.497 e. The number of aliphatic carboxylic acids is 2. The first kappa shape index (κ1) is 30.7. The SMILES string of the molecule is COc1ccc(C(NC(=O)c2cnc(-c3cccnn3)nc2O)c2ccc(P(=O)(NCC(=O)O)NCC(=O)O)cc2)cc1. The molecule has 0 bridgehead atoms. The molecule has 0 saturated carbocycles. The summed E-state index contributed by atoms with van der Waals surface area (Å²) in [4.78, 5) is 43.6. The molecule has 6 N–H and O–H groups in total. The third-order valence-corrected chi connectivity index (χ3v) is 8.27. The summed E-state index contributed by atoms with van der Waals surface area (Å²) in [5.41, 5.74) is 1.23. The van der Waals surface area contributed by atoms with E-state index in [0.29, 0.717) is 22.6 Å². The molecule has 1 unspecified atom stereocenters. The zero-order chi connectivity index (χ0) is 31.0. The molecule has 0 aliphatic heterocycles. The van der Waals surface area contributed by atoms with E-state index in [2.05, 4.69) is 35.7 Å². The van der Waals surface area contributed by atoms with Crippen LogP contribution in [-0.2, 0) is 14.2 Å². The molecule has 16 heteroatoms. The average Bonchev–Trinajstić information content (AvgIpc) is 3.02. The first-order chi connectivity index (χ1) is 20.6. The number of benzene rings is 2. The van der Waals surface area contributed by atoms with Gasteiger partial charge in [-0.2, -0.15) is 10.1 Å². The molecule has 43 heavy (non-hydrogen) atoms. The summed E-state index contributed by atoms with van der Waals surface area (Å²) in [7, 11) is -2.34. The molecular formula is C27H26N7O8P. The number of carboxylic acids is 2. The van der Waals surface area contributed by atoms with E-state index >= 15 is 0 Å². The molecule has 4 rings (SSSR count). The van der Waals surface area contributed by atoms with Gasteiger partial charge in [0.15, 0.2) is 5.82 Å². The molecule has 0 aliphatic carbocycles. The number of carbonyl (C=O) groups excluding carboxylic acids is 1. The molecule has 1 atom stereocenters. The highest BCUT2D eigenvalue weighted by atomic mass is 31.2. The van der Waals surface area contributed by atoms with E-state index in [0.717, 1.165) is 6.20 Å². The molecule has 15 nitrogen and oxygen atoms in total. The fourth-order valence-corrected chi connectivity index (χ4v) is 5.68. The van der Waals surface area contributed by atoms with Crippen LogP contribution in [0.5, 0.6) is 11.6 Å². The van der Waals surface area contributed by atoms with E-state index < -0.39 is 50.3 Å². The third-order valence-electron chi connectivity index (χ3n) is 6.04. The van der Waals surface area contributed by atoms with Crippen LogP contribution < -0.4 is 25.5 Å². The molecule has 222 valence electrons. The zero-order valence-electron chi connectivity index (χ0n) is 22.5. The van der Waals surface area contributed by atoms with Crippen molar-refractivity contribution in [3.63, 3.8) is 0 Å². The van der Waals surface area contributed by atoms with Crippen molar-refractivity contribution in [2.45, 2.75) is 6.04 Å². The second-order valence-electron chi connectivity index (χ2n) is 8.88. The minimum absolute atomic E-state index is 0.0712. The molecule has 0 fully saturated rings. The number of hydrogen-bond acceptors (Lipinski definition) is 10. The Morgan fingerprint density at radius 2 is 1.53 bits per heavy atom. The van der Waals surface area contributed by atoms with Gasteiger partial charge in [-0.1, -0.05) is 24.3 Å². The van der Waals surface area contributed by atoms with Crippen molar-refractivity contribution in [2.75, 3.05) is 20.2 Å². The molecular weight excluding hydrogens is 581 g/mol. The summed E-state index contributed by atoms with van der Waals surface area (Å²) in [6.07, 6.45) is 2.63. The highest BCUT2D eigenvalue weighted by Gasteiger charge is 2.27. The van der Waals surface area contributed by atoms with Gasteiger partial charge in [-0.15, -0.1) is 5.10 Å². The van der Waals surface area contributed by atoms with Crippen molar-refractivity contribution in [3.05, 3.63) is 89.7 Å². The lowest BCUT2D eigenvalue weighted by molar-refractivity contribution is -0.136. The molecule has 0 spiro atoms. The summed E-state index contributed by atoms with van der Waals surface area (Å²) >= 11 is 0. The summed E-state index contributed by atoms with van der Waals surface area (Å²) in [5, 5.41) is 44.0. The Morgan fingerprint density at radius 1 is 0.930 bits per heavy atom. The highest BCUT2D eigenvalue weighted by molar-refractivity contribution is 7.67. The van der Waals surface area contributed by atoms with Gasteiger partial charge in [-0.3, -0.25) is 18.9 Å². The Bertz CT molecular complexity index is 1630. The fourth-order valence-electron chi connectivity index (χ4n) is 3.91. The van der Waals surface area contributed by atoms with Crippen LogP contribution in [0.4, 0.5) is 0 Å². The predicted octanol–water partition coefficient (Wildman–Crippen LogP) is 1.33. The molecule has 2 aromatic heterocycles. The van der Waals surface area contributed by atoms with E-state index in [4.69, 9.17) is 14.9 Å². The van der Waals surface area contributed by atoms with Crippen molar-refractivity contribution in [3.8, 4) is 23.1 Å². The van der Waals surface area contributed by atoms with E-state index in [1.54, 1.807) is 48.5 Å². The summed E-state index contributed by atoms with van der Waals surface area (Å²) in [6.45, 7) is -1.37. The summed E-state index contributed by atoms with van der Waals surface area (Å²) in [5.74, 6) is -3.20. The van der Waals surface area contributed by atoms with Crippen LogP contribution in [0.15, 0.2) is 73.1 Å². The Balaban J connectivity index is 1.65. The molecule has 0 saturated heterocycles. The summed E-state index contributed by atoms with van der Waals surface area (Å²) in [6, 6.07) is 15.2. The molecule has 2 aromatic carbocycles. The van der Waals surface area contributed by atoms with Gasteiger partial charge in [-0.25, -0.2) is 15.2 Å². The molecule has 0 radical (unpaired) electrons. The quantitative estimate of drug-likeness (QED) is 0.118. The number of carboxylic acid groups (broad SMARTS) is 2. The predicted molar refractivity (Wildman–Crippen MR) is 152 cm³/mol. The molecule has 4 aromatic rings. The second-order valence-corrected chi connectivity index (χ2v) is 11.2. The van der Waals surface area contributed by atoms with Crippen LogP contribution in [0.1, 0.15) is 27.5 Å². The van der Waals surface area contributed by atoms with Gasteiger partial charge >= 0.3 is 11.9 Å². The monoisotopic (exact) mass is 607 g/mol. The van der Waals surface area contributed by atoms with E-state index in [1.807, 2.05) is 0 Å². The summed E-state index contributed by atoms with van der Waals surface area (Å²) < 4.78 is 18.7. The number of ether oxygens (including phenoxy) is 1. The Labute approximate surface area is 244 Å². The first-order valence-corrected chi connectivity index (χ1v) is 14.2. The smallest absolute Gasteiger partial charge is 0.317 e. The molecule has 1 amide bonds. The van der Waals surface area contributed by atoms with Crippen LogP contribution in [0.3, 0.4) is 0 Å². The fraction of sp³-hybridized carbons (Fsp3) is 0.148. The van der Waals surface area contributed by atoms with Crippen molar-refractivity contribution in [2.24, 2.45) is 0 Å². The first-order valence-electron chi connectivity index (χ1n) is 12.5. The van der Waals surface area contributed by atoms with E-state index in [9.17, 15) is 24.1 Å². The van der Waals surface area contributed by atoms with Crippen LogP contribution in [0.25, 0.3) is 11.5 Å². The zero-order valence-corrected chi connectivity index (χ0v) is 23.4. The van der Waals surface area contributed by atoms with Crippen molar-refractivity contribution < 1.29 is 39.0 Å². The highest BCUT2D eigenvalue weighted by Crippen LogP contribution is 2.35. The van der Waals surface area contributed by atoms with Gasteiger partial charge in [0.25, 0.3) is 5.91 Å². The van der Waals surface area contributed by atoms with E-state index in [1.165, 1.54) is 25.4 Å². The number of rotatable bonds is 13. The number of nitrogens with one attached hydrogen (secondary N) is 3. The number of methoxy groups -OCH3 is 1. The largest absolute Gasteiger partial charge is 0.497 e. The van der Waals surface area contributed by atoms with Crippen molar-refractivity contribution >= 4 is 30.6 Å². The average molecular weight is 608 g/mol. The second kappa shape index (κ2) is 13.6. The maximum absolute atomic E-state index is 13.5. The Morgan fingerprint density at radius 3 is 2.05 bits per heavy atom. The normalized spacial score (nSPS) is 11.8. The standard InChI is InChI=1S/C27H26N7O8P/c1-42-18-8-4-16(5-9-18)24(32-26(39)20-13-28-25(33-27(20)40)21-3-2-12-29-34-21)17-6-10-19(11-7-17)43(41,30-14-22(35)36)31-15-23(37)38/h2-13,24H,14-15H2,1H3,(H,32,39)(H,35,36)(H,37,38)(H,28,33,40)(H2,30,31,41). The van der Waals surface area contributed by atoms with Crippen LogP contribution in [0.2, 0.25) is 0 Å². The van der Waals surface area contributed by atoms with Gasteiger partial charge in [0.2, 0.25) is 13.3 Å². The van der Waals surface area contributed by atoms with Crippen molar-refractivity contribution in [1.82, 2.24) is 35.7 Å². The van der Waals surface area contributed by atoms with Gasteiger partial charge in [0.05, 0.1) is 13.2 Å². The number of carbonyl (C=O) groups is 3. The number of hydrogen-bond donors (Lipinski definition) is 6. The van der Waals surface area contributed by atoms with Crippen LogP contribution in [0, 0.1) is 0 Å². The number of aromatic hydroxyl groups is 1. The lowest BCUT2D eigenvalue weighted by Gasteiger charge is -2.23.